The van der Waals surface area contributed by atoms with Crippen LogP contribution in [0.15, 0.2) is 18.3 Å². The van der Waals surface area contributed by atoms with E-state index in [4.69, 9.17) is 15.6 Å². The fourth-order valence-electron chi connectivity index (χ4n) is 1.61. The Morgan fingerprint density at radius 1 is 1.48 bits per heavy atom. The van der Waals surface area contributed by atoms with Crippen molar-refractivity contribution in [3.63, 3.8) is 0 Å². The van der Waals surface area contributed by atoms with Gasteiger partial charge in [0.1, 0.15) is 0 Å². The lowest BCUT2D eigenvalue weighted by atomic mass is 10.1. The second-order valence-electron chi connectivity index (χ2n) is 4.89. The van der Waals surface area contributed by atoms with E-state index in [0.717, 1.165) is 5.56 Å². The van der Waals surface area contributed by atoms with Crippen molar-refractivity contribution in [1.29, 1.82) is 0 Å². The van der Waals surface area contributed by atoms with Gasteiger partial charge < -0.3 is 20.9 Å². The van der Waals surface area contributed by atoms with Gasteiger partial charge in [-0.15, -0.1) is 0 Å². The lowest BCUT2D eigenvalue weighted by molar-refractivity contribution is -0.137. The van der Waals surface area contributed by atoms with Gasteiger partial charge in [-0.05, 0) is 26.3 Å². The van der Waals surface area contributed by atoms with Crippen molar-refractivity contribution in [2.75, 3.05) is 0 Å². The summed E-state index contributed by atoms with van der Waals surface area (Å²) < 4.78 is 5.55. The van der Waals surface area contributed by atoms with Crippen LogP contribution < -0.4 is 15.8 Å². The summed E-state index contributed by atoms with van der Waals surface area (Å²) in [6, 6.07) is 2.71. The number of nitrogens with zero attached hydrogens (tertiary/aromatic N) is 1. The SMILES string of the molecule is CC(C)Oc1ncccc1CNC(=O)C(N)CCC(=O)O. The smallest absolute Gasteiger partial charge is 0.303 e. The molecule has 0 spiro atoms. The van der Waals surface area contributed by atoms with E-state index in [1.54, 1.807) is 18.3 Å². The molecule has 0 fully saturated rings. The average molecular weight is 295 g/mol. The van der Waals surface area contributed by atoms with E-state index in [2.05, 4.69) is 10.3 Å². The highest BCUT2D eigenvalue weighted by Gasteiger charge is 2.15. The Balaban J connectivity index is 2.54. The summed E-state index contributed by atoms with van der Waals surface area (Å²) in [5, 5.41) is 11.2. The number of ether oxygens (including phenoxy) is 1. The number of hydrogen-bond donors (Lipinski definition) is 3. The van der Waals surface area contributed by atoms with Crippen LogP contribution >= 0.6 is 0 Å². The number of aliphatic carboxylic acids is 1. The number of aromatic nitrogens is 1. The van der Waals surface area contributed by atoms with Crippen LogP contribution in [0.5, 0.6) is 5.88 Å². The molecule has 1 aromatic rings. The Morgan fingerprint density at radius 2 is 2.19 bits per heavy atom. The van der Waals surface area contributed by atoms with E-state index in [1.807, 2.05) is 13.8 Å². The Morgan fingerprint density at radius 3 is 2.81 bits per heavy atom. The summed E-state index contributed by atoms with van der Waals surface area (Å²) in [5.74, 6) is -0.902. The molecule has 0 saturated heterocycles. The highest BCUT2D eigenvalue weighted by Crippen LogP contribution is 2.15. The summed E-state index contributed by atoms with van der Waals surface area (Å²) in [6.45, 7) is 4.01. The molecule has 0 bridgehead atoms. The molecule has 0 saturated carbocycles. The normalized spacial score (nSPS) is 12.0. The second kappa shape index (κ2) is 8.21. The van der Waals surface area contributed by atoms with Gasteiger partial charge in [0.25, 0.3) is 0 Å². The Hall–Kier alpha value is -2.15. The van der Waals surface area contributed by atoms with E-state index in [1.165, 1.54) is 0 Å². The maximum atomic E-state index is 11.8. The van der Waals surface area contributed by atoms with Crippen molar-refractivity contribution in [1.82, 2.24) is 10.3 Å². The van der Waals surface area contributed by atoms with Crippen molar-refractivity contribution in [2.45, 2.75) is 45.4 Å². The fraction of sp³-hybridized carbons (Fsp3) is 0.500. The maximum Gasteiger partial charge on any atom is 0.303 e. The van der Waals surface area contributed by atoms with Crippen LogP contribution in [-0.4, -0.2) is 34.1 Å². The molecule has 0 aliphatic heterocycles. The lowest BCUT2D eigenvalue weighted by Crippen LogP contribution is -2.40. The lowest BCUT2D eigenvalue weighted by Gasteiger charge is -2.15. The number of carboxylic acid groups (broad SMARTS) is 1. The number of carbonyl (C=O) groups excluding carboxylic acids is 1. The predicted molar refractivity (Wildman–Crippen MR) is 76.7 cm³/mol. The first-order valence-electron chi connectivity index (χ1n) is 6.75. The minimum absolute atomic E-state index is 0.0211. The summed E-state index contributed by atoms with van der Waals surface area (Å²) in [6.07, 6.45) is 1.56. The summed E-state index contributed by atoms with van der Waals surface area (Å²) in [4.78, 5) is 26.3. The first-order chi connectivity index (χ1) is 9.90. The van der Waals surface area contributed by atoms with Gasteiger partial charge >= 0.3 is 5.97 Å². The van der Waals surface area contributed by atoms with Crippen LogP contribution in [0.4, 0.5) is 0 Å². The number of amides is 1. The van der Waals surface area contributed by atoms with E-state index in [9.17, 15) is 9.59 Å². The number of pyridine rings is 1. The Bertz CT molecular complexity index is 491. The van der Waals surface area contributed by atoms with Gasteiger partial charge in [0.2, 0.25) is 11.8 Å². The zero-order valence-corrected chi connectivity index (χ0v) is 12.2. The standard InChI is InChI=1S/C14H21N3O4/c1-9(2)21-14-10(4-3-7-16-14)8-17-13(20)11(15)5-6-12(18)19/h3-4,7,9,11H,5-6,8,15H2,1-2H3,(H,17,20)(H,18,19). The van der Waals surface area contributed by atoms with Gasteiger partial charge in [-0.1, -0.05) is 6.07 Å². The third kappa shape index (κ3) is 6.22. The van der Waals surface area contributed by atoms with E-state index < -0.39 is 17.9 Å². The third-order valence-corrected chi connectivity index (χ3v) is 2.66. The topological polar surface area (TPSA) is 115 Å². The first-order valence-corrected chi connectivity index (χ1v) is 6.75. The molecule has 116 valence electrons. The van der Waals surface area contributed by atoms with Crippen LogP contribution in [0.2, 0.25) is 0 Å². The average Bonchev–Trinajstić information content (AvgIpc) is 2.42. The third-order valence-electron chi connectivity index (χ3n) is 2.66. The Kier molecular flexibility index (Phi) is 6.61. The van der Waals surface area contributed by atoms with Crippen molar-refractivity contribution in [3.05, 3.63) is 23.9 Å². The fourth-order valence-corrected chi connectivity index (χ4v) is 1.61. The van der Waals surface area contributed by atoms with Crippen LogP contribution in [0.25, 0.3) is 0 Å². The monoisotopic (exact) mass is 295 g/mol. The van der Waals surface area contributed by atoms with Gasteiger partial charge in [0.15, 0.2) is 0 Å². The number of hydrogen-bond acceptors (Lipinski definition) is 5. The highest BCUT2D eigenvalue weighted by atomic mass is 16.5. The van der Waals surface area contributed by atoms with Gasteiger partial charge in [0.05, 0.1) is 12.1 Å². The molecule has 1 heterocycles. The van der Waals surface area contributed by atoms with Gasteiger partial charge in [-0.2, -0.15) is 0 Å². The molecule has 1 amide bonds. The molecule has 0 aromatic carbocycles. The molecule has 0 aliphatic carbocycles. The molecule has 4 N–H and O–H groups in total. The minimum atomic E-state index is -0.974. The second-order valence-corrected chi connectivity index (χ2v) is 4.89. The van der Waals surface area contributed by atoms with Crippen LogP contribution in [0.3, 0.4) is 0 Å². The molecule has 1 atom stereocenters. The number of rotatable bonds is 8. The quantitative estimate of drug-likeness (QED) is 0.649. The van der Waals surface area contributed by atoms with Gasteiger partial charge in [0, 0.05) is 24.7 Å². The molecule has 21 heavy (non-hydrogen) atoms. The number of carboxylic acids is 1. The highest BCUT2D eigenvalue weighted by molar-refractivity contribution is 5.82. The number of nitrogens with one attached hydrogen (secondary N) is 1. The zero-order chi connectivity index (χ0) is 15.8. The van der Waals surface area contributed by atoms with Gasteiger partial charge in [-0.25, -0.2) is 4.98 Å². The van der Waals surface area contributed by atoms with Crippen molar-refractivity contribution in [2.24, 2.45) is 5.73 Å². The molecule has 1 unspecified atom stereocenters. The van der Waals surface area contributed by atoms with E-state index in [-0.39, 0.29) is 25.5 Å². The molecule has 7 nitrogen and oxygen atoms in total. The zero-order valence-electron chi connectivity index (χ0n) is 12.2. The summed E-state index contributed by atoms with van der Waals surface area (Å²) in [5.41, 5.74) is 6.37. The number of nitrogens with two attached hydrogens (primary N) is 1. The molecular formula is C14H21N3O4. The Labute approximate surface area is 123 Å². The maximum absolute atomic E-state index is 11.8. The van der Waals surface area contributed by atoms with Crippen molar-refractivity contribution < 1.29 is 19.4 Å². The molecule has 7 heteroatoms. The predicted octanol–water partition coefficient (Wildman–Crippen LogP) is 0.677. The van der Waals surface area contributed by atoms with Crippen LogP contribution in [-0.2, 0) is 16.1 Å². The molecule has 0 aliphatic rings. The van der Waals surface area contributed by atoms with Crippen molar-refractivity contribution in [3.8, 4) is 5.88 Å². The van der Waals surface area contributed by atoms with Crippen LogP contribution in [0, 0.1) is 0 Å². The largest absolute Gasteiger partial charge is 0.481 e. The van der Waals surface area contributed by atoms with Gasteiger partial charge in [-0.3, -0.25) is 9.59 Å². The molecule has 0 radical (unpaired) electrons. The first kappa shape index (κ1) is 16.9. The summed E-state index contributed by atoms with van der Waals surface area (Å²) >= 11 is 0. The molecule has 1 aromatic heterocycles. The molecular weight excluding hydrogens is 274 g/mol. The van der Waals surface area contributed by atoms with E-state index >= 15 is 0 Å². The number of carbonyl (C=O) groups is 2. The minimum Gasteiger partial charge on any atom is -0.481 e. The molecule has 1 rings (SSSR count). The van der Waals surface area contributed by atoms with Crippen molar-refractivity contribution >= 4 is 11.9 Å². The van der Waals surface area contributed by atoms with Crippen LogP contribution in [0.1, 0.15) is 32.3 Å². The summed E-state index contributed by atoms with van der Waals surface area (Å²) in [7, 11) is 0. The van der Waals surface area contributed by atoms with E-state index in [0.29, 0.717) is 5.88 Å².